The molecule has 0 unspecified atom stereocenters. The minimum atomic E-state index is -0.396. The van der Waals surface area contributed by atoms with Crippen LogP contribution in [0.3, 0.4) is 0 Å². The molecule has 102 valence electrons. The first-order chi connectivity index (χ1) is 8.89. The number of para-hydroxylation sites is 1. The maximum Gasteiger partial charge on any atom is 0.231 e. The van der Waals surface area contributed by atoms with Gasteiger partial charge in [-0.2, -0.15) is 0 Å². The Morgan fingerprint density at radius 3 is 2.68 bits per heavy atom. The molecule has 2 rings (SSSR count). The second-order valence-electron chi connectivity index (χ2n) is 5.86. The first-order valence-electron chi connectivity index (χ1n) is 6.56. The molecule has 1 aliphatic heterocycles. The van der Waals surface area contributed by atoms with E-state index in [4.69, 9.17) is 0 Å². The molecule has 4 nitrogen and oxygen atoms in total. The van der Waals surface area contributed by atoms with E-state index in [0.29, 0.717) is 19.5 Å². The molecule has 2 amide bonds. The summed E-state index contributed by atoms with van der Waals surface area (Å²) in [7, 11) is 0. The van der Waals surface area contributed by atoms with Gasteiger partial charge in [-0.15, -0.1) is 0 Å². The second-order valence-corrected chi connectivity index (χ2v) is 5.86. The minimum Gasteiger partial charge on any atom is -0.354 e. The predicted molar refractivity (Wildman–Crippen MR) is 75.0 cm³/mol. The van der Waals surface area contributed by atoms with E-state index in [0.717, 1.165) is 11.3 Å². The number of anilines is 1. The van der Waals surface area contributed by atoms with Gasteiger partial charge in [0, 0.05) is 24.2 Å². The minimum absolute atomic E-state index is 0.00688. The Kier molecular flexibility index (Phi) is 3.60. The smallest absolute Gasteiger partial charge is 0.231 e. The van der Waals surface area contributed by atoms with Crippen molar-refractivity contribution in [2.24, 2.45) is 5.41 Å². The fourth-order valence-corrected chi connectivity index (χ4v) is 2.11. The van der Waals surface area contributed by atoms with Gasteiger partial charge in [-0.25, -0.2) is 0 Å². The number of hydrogen-bond donors (Lipinski definition) is 1. The van der Waals surface area contributed by atoms with Crippen LogP contribution in [0.25, 0.3) is 0 Å². The Morgan fingerprint density at radius 1 is 1.32 bits per heavy atom. The van der Waals surface area contributed by atoms with Gasteiger partial charge >= 0.3 is 0 Å². The zero-order valence-electron chi connectivity index (χ0n) is 11.7. The summed E-state index contributed by atoms with van der Waals surface area (Å²) < 4.78 is 0. The van der Waals surface area contributed by atoms with Crippen molar-refractivity contribution in [2.75, 3.05) is 18.0 Å². The molecule has 1 aliphatic rings. The number of carbonyl (C=O) groups is 2. The van der Waals surface area contributed by atoms with Crippen LogP contribution >= 0.6 is 0 Å². The van der Waals surface area contributed by atoms with Crippen LogP contribution < -0.4 is 10.2 Å². The Morgan fingerprint density at radius 2 is 2.00 bits per heavy atom. The highest BCUT2D eigenvalue weighted by molar-refractivity contribution is 6.01. The molecule has 1 aromatic carbocycles. The van der Waals surface area contributed by atoms with Crippen LogP contribution in [0.5, 0.6) is 0 Å². The average Bonchev–Trinajstić information content (AvgIpc) is 2.64. The molecule has 1 heterocycles. The number of carbonyl (C=O) groups excluding carboxylic acids is 2. The number of rotatable bonds is 3. The lowest BCUT2D eigenvalue weighted by Crippen LogP contribution is -2.40. The largest absolute Gasteiger partial charge is 0.354 e. The van der Waals surface area contributed by atoms with Crippen molar-refractivity contribution >= 4 is 17.5 Å². The monoisotopic (exact) mass is 260 g/mol. The quantitative estimate of drug-likeness (QED) is 0.900. The summed E-state index contributed by atoms with van der Waals surface area (Å²) in [6.45, 7) is 6.63. The van der Waals surface area contributed by atoms with Crippen LogP contribution in [0.4, 0.5) is 5.69 Å². The molecule has 4 heteroatoms. The highest BCUT2D eigenvalue weighted by Crippen LogP contribution is 2.27. The maximum atomic E-state index is 11.9. The molecule has 1 N–H and O–H groups in total. The standard InChI is InChI=1S/C15H20N2O2/c1-15(2,3)14(19)16-8-9-17-12-7-5-4-6-11(12)10-13(17)18/h4-7H,8-10H2,1-3H3,(H,16,19). The van der Waals surface area contributed by atoms with Crippen molar-refractivity contribution in [3.63, 3.8) is 0 Å². The fourth-order valence-electron chi connectivity index (χ4n) is 2.11. The molecule has 0 aliphatic carbocycles. The fraction of sp³-hybridized carbons (Fsp3) is 0.467. The van der Waals surface area contributed by atoms with Crippen molar-refractivity contribution in [3.05, 3.63) is 29.8 Å². The number of hydrogen-bond acceptors (Lipinski definition) is 2. The van der Waals surface area contributed by atoms with Crippen LogP contribution in [0, 0.1) is 5.41 Å². The molecule has 19 heavy (non-hydrogen) atoms. The Balaban J connectivity index is 1.94. The van der Waals surface area contributed by atoms with Crippen molar-refractivity contribution in [3.8, 4) is 0 Å². The van der Waals surface area contributed by atoms with Crippen molar-refractivity contribution < 1.29 is 9.59 Å². The van der Waals surface area contributed by atoms with Crippen molar-refractivity contribution in [1.29, 1.82) is 0 Å². The van der Waals surface area contributed by atoms with Crippen molar-refractivity contribution in [1.82, 2.24) is 5.32 Å². The lowest BCUT2D eigenvalue weighted by Gasteiger charge is -2.21. The highest BCUT2D eigenvalue weighted by Gasteiger charge is 2.27. The molecule has 0 fully saturated rings. The van der Waals surface area contributed by atoms with Gasteiger partial charge in [0.05, 0.1) is 6.42 Å². The predicted octanol–water partition coefficient (Wildman–Crippen LogP) is 1.74. The van der Waals surface area contributed by atoms with Gasteiger partial charge in [0.15, 0.2) is 0 Å². The second kappa shape index (κ2) is 5.03. The summed E-state index contributed by atoms with van der Waals surface area (Å²) >= 11 is 0. The van der Waals surface area contributed by atoms with Gasteiger partial charge in [0.2, 0.25) is 11.8 Å². The number of amides is 2. The summed E-state index contributed by atoms with van der Waals surface area (Å²) in [5.74, 6) is 0.110. The number of nitrogens with one attached hydrogen (secondary N) is 1. The van der Waals surface area contributed by atoms with Crippen LogP contribution in [0.2, 0.25) is 0 Å². The lowest BCUT2D eigenvalue weighted by atomic mass is 9.96. The van der Waals surface area contributed by atoms with Crippen molar-refractivity contribution in [2.45, 2.75) is 27.2 Å². The topological polar surface area (TPSA) is 49.4 Å². The van der Waals surface area contributed by atoms with Crippen LogP contribution in [-0.4, -0.2) is 24.9 Å². The molecule has 0 saturated carbocycles. The zero-order valence-corrected chi connectivity index (χ0v) is 11.7. The van der Waals surface area contributed by atoms with Gasteiger partial charge in [-0.05, 0) is 11.6 Å². The lowest BCUT2D eigenvalue weighted by molar-refractivity contribution is -0.128. The number of benzene rings is 1. The SMILES string of the molecule is CC(C)(C)C(=O)NCCN1C(=O)Cc2ccccc21. The summed E-state index contributed by atoms with van der Waals surface area (Å²) in [5, 5.41) is 2.87. The van der Waals surface area contributed by atoms with Gasteiger partial charge in [-0.1, -0.05) is 39.0 Å². The summed E-state index contributed by atoms with van der Waals surface area (Å²) in [4.78, 5) is 25.4. The van der Waals surface area contributed by atoms with E-state index in [-0.39, 0.29) is 11.8 Å². The first kappa shape index (κ1) is 13.6. The third-order valence-corrected chi connectivity index (χ3v) is 3.23. The van der Waals surface area contributed by atoms with Gasteiger partial charge < -0.3 is 10.2 Å². The third-order valence-electron chi connectivity index (χ3n) is 3.23. The first-order valence-corrected chi connectivity index (χ1v) is 6.56. The van der Waals surface area contributed by atoms with E-state index in [9.17, 15) is 9.59 Å². The molecule has 0 aromatic heterocycles. The summed E-state index contributed by atoms with van der Waals surface area (Å²) in [6, 6.07) is 7.79. The van der Waals surface area contributed by atoms with Gasteiger partial charge in [0.1, 0.15) is 0 Å². The maximum absolute atomic E-state index is 11.9. The molecule has 0 bridgehead atoms. The Bertz CT molecular complexity index is 503. The van der Waals surface area contributed by atoms with E-state index in [1.54, 1.807) is 4.90 Å². The van der Waals surface area contributed by atoms with Crippen LogP contribution in [0.1, 0.15) is 26.3 Å². The van der Waals surface area contributed by atoms with E-state index in [2.05, 4.69) is 5.32 Å². The zero-order chi connectivity index (χ0) is 14.0. The van der Waals surface area contributed by atoms with Gasteiger partial charge in [-0.3, -0.25) is 9.59 Å². The molecule has 0 saturated heterocycles. The summed E-state index contributed by atoms with van der Waals surface area (Å²) in [6.07, 6.45) is 0.462. The van der Waals surface area contributed by atoms with Gasteiger partial charge in [0.25, 0.3) is 0 Å². The van der Waals surface area contributed by atoms with E-state index in [1.165, 1.54) is 0 Å². The van der Waals surface area contributed by atoms with E-state index < -0.39 is 5.41 Å². The van der Waals surface area contributed by atoms with Crippen LogP contribution in [0.15, 0.2) is 24.3 Å². The Hall–Kier alpha value is -1.84. The molecule has 0 radical (unpaired) electrons. The molecular weight excluding hydrogens is 240 g/mol. The molecule has 0 spiro atoms. The van der Waals surface area contributed by atoms with E-state index >= 15 is 0 Å². The number of fused-ring (bicyclic) bond motifs is 1. The molecular formula is C15H20N2O2. The average molecular weight is 260 g/mol. The molecule has 0 atom stereocenters. The third kappa shape index (κ3) is 2.95. The normalized spacial score (nSPS) is 14.5. The molecule has 1 aromatic rings. The van der Waals surface area contributed by atoms with E-state index in [1.807, 2.05) is 45.0 Å². The number of nitrogens with zero attached hydrogens (tertiary/aromatic N) is 1. The Labute approximate surface area is 113 Å². The summed E-state index contributed by atoms with van der Waals surface area (Å²) in [5.41, 5.74) is 1.64. The highest BCUT2D eigenvalue weighted by atomic mass is 16.2. The van der Waals surface area contributed by atoms with Crippen LogP contribution in [-0.2, 0) is 16.0 Å².